The molecule has 2 aromatic carbocycles. The third-order valence-electron chi connectivity index (χ3n) is 6.82. The summed E-state index contributed by atoms with van der Waals surface area (Å²) in [5, 5.41) is 0. The minimum Gasteiger partial charge on any atom is -0.341 e. The maximum atomic E-state index is 13.1. The van der Waals surface area contributed by atoms with Crippen LogP contribution in [0, 0.1) is 5.92 Å². The third kappa shape index (κ3) is 5.34. The molecule has 5 heteroatoms. The molecule has 2 aromatic rings. The molecule has 2 aliphatic rings. The number of amides is 2. The maximum absolute atomic E-state index is 13.1. The molecule has 2 heterocycles. The van der Waals surface area contributed by atoms with Gasteiger partial charge >= 0.3 is 0 Å². The minimum absolute atomic E-state index is 0.0831. The van der Waals surface area contributed by atoms with Gasteiger partial charge in [0, 0.05) is 44.8 Å². The van der Waals surface area contributed by atoms with E-state index in [1.807, 2.05) is 47.1 Å². The highest BCUT2D eigenvalue weighted by molar-refractivity contribution is 5.94. The molecule has 4 rings (SSSR count). The molecule has 1 unspecified atom stereocenters. The normalized spacial score (nSPS) is 19.3. The number of benzene rings is 2. The highest BCUT2D eigenvalue weighted by Crippen LogP contribution is 2.23. The molecule has 0 aliphatic carbocycles. The van der Waals surface area contributed by atoms with Crippen LogP contribution in [0.2, 0.25) is 0 Å². The second-order valence-corrected chi connectivity index (χ2v) is 8.83. The lowest BCUT2D eigenvalue weighted by Gasteiger charge is -2.40. The van der Waals surface area contributed by atoms with Crippen molar-refractivity contribution >= 4 is 11.8 Å². The lowest BCUT2D eigenvalue weighted by molar-refractivity contribution is -0.138. The Morgan fingerprint density at radius 2 is 1.39 bits per heavy atom. The van der Waals surface area contributed by atoms with Gasteiger partial charge in [-0.25, -0.2) is 0 Å². The van der Waals surface area contributed by atoms with Crippen molar-refractivity contribution in [3.05, 3.63) is 71.8 Å². The molecule has 164 valence electrons. The molecule has 0 saturated carbocycles. The van der Waals surface area contributed by atoms with E-state index in [0.717, 1.165) is 51.0 Å². The topological polar surface area (TPSA) is 43.9 Å². The molecule has 1 atom stereocenters. The van der Waals surface area contributed by atoms with Gasteiger partial charge in [-0.05, 0) is 49.8 Å². The number of piperazine rings is 1. The van der Waals surface area contributed by atoms with Gasteiger partial charge in [0.1, 0.15) is 0 Å². The Bertz CT molecular complexity index is 855. The van der Waals surface area contributed by atoms with Crippen LogP contribution in [-0.2, 0) is 11.2 Å². The highest BCUT2D eigenvalue weighted by atomic mass is 16.2. The summed E-state index contributed by atoms with van der Waals surface area (Å²) in [7, 11) is 0. The second-order valence-electron chi connectivity index (χ2n) is 8.83. The summed E-state index contributed by atoms with van der Waals surface area (Å²) < 4.78 is 0. The van der Waals surface area contributed by atoms with Gasteiger partial charge < -0.3 is 9.80 Å². The van der Waals surface area contributed by atoms with Crippen LogP contribution in [0.5, 0.6) is 0 Å². The van der Waals surface area contributed by atoms with Crippen molar-refractivity contribution in [3.63, 3.8) is 0 Å². The van der Waals surface area contributed by atoms with E-state index in [4.69, 9.17) is 0 Å². The molecule has 0 bridgehead atoms. The summed E-state index contributed by atoms with van der Waals surface area (Å²) in [6, 6.07) is 20.0. The van der Waals surface area contributed by atoms with E-state index in [2.05, 4.69) is 35.2 Å². The molecule has 5 nitrogen and oxygen atoms in total. The predicted octanol–water partition coefficient (Wildman–Crippen LogP) is 3.31. The zero-order valence-electron chi connectivity index (χ0n) is 18.5. The number of hydrogen-bond acceptors (Lipinski definition) is 3. The lowest BCUT2D eigenvalue weighted by atomic mass is 9.90. The summed E-state index contributed by atoms with van der Waals surface area (Å²) >= 11 is 0. The molecule has 2 aliphatic heterocycles. The first-order chi connectivity index (χ1) is 15.1. The molecular weight excluding hydrogens is 386 g/mol. The largest absolute Gasteiger partial charge is 0.341 e. The quantitative estimate of drug-likeness (QED) is 0.747. The smallest absolute Gasteiger partial charge is 0.253 e. The van der Waals surface area contributed by atoms with Gasteiger partial charge in [0.2, 0.25) is 5.91 Å². The molecule has 0 N–H and O–H groups in total. The van der Waals surface area contributed by atoms with E-state index < -0.39 is 0 Å². The summed E-state index contributed by atoms with van der Waals surface area (Å²) in [4.78, 5) is 31.9. The van der Waals surface area contributed by atoms with Crippen molar-refractivity contribution in [1.82, 2.24) is 14.7 Å². The summed E-state index contributed by atoms with van der Waals surface area (Å²) in [6.07, 6.45) is 3.26. The van der Waals surface area contributed by atoms with E-state index in [1.54, 1.807) is 0 Å². The Morgan fingerprint density at radius 1 is 0.806 bits per heavy atom. The van der Waals surface area contributed by atoms with Gasteiger partial charge in [0.15, 0.2) is 0 Å². The third-order valence-corrected chi connectivity index (χ3v) is 6.82. The van der Waals surface area contributed by atoms with Crippen molar-refractivity contribution in [2.45, 2.75) is 32.2 Å². The maximum Gasteiger partial charge on any atom is 0.253 e. The Morgan fingerprint density at radius 3 is 2.00 bits per heavy atom. The van der Waals surface area contributed by atoms with Crippen molar-refractivity contribution in [1.29, 1.82) is 0 Å². The van der Waals surface area contributed by atoms with Crippen LogP contribution in [0.3, 0.4) is 0 Å². The number of piperidine rings is 1. The van der Waals surface area contributed by atoms with Crippen LogP contribution in [0.15, 0.2) is 60.7 Å². The number of carbonyl (C=O) groups is 2. The van der Waals surface area contributed by atoms with Gasteiger partial charge in [0.25, 0.3) is 5.91 Å². The van der Waals surface area contributed by atoms with E-state index in [0.29, 0.717) is 19.0 Å². The fourth-order valence-electron chi connectivity index (χ4n) is 4.80. The molecule has 0 spiro atoms. The van der Waals surface area contributed by atoms with Gasteiger partial charge in [-0.1, -0.05) is 48.5 Å². The van der Waals surface area contributed by atoms with Gasteiger partial charge in [-0.2, -0.15) is 0 Å². The standard InChI is InChI=1S/C26H33N3O2/c1-21(27-16-18-29(19-17-27)26(31)24-10-6-3-7-11-24)25(30)28-14-12-23(13-15-28)20-22-8-4-2-5-9-22/h2-11,21,23H,12-20H2,1H3. The minimum atomic E-state index is -0.125. The number of rotatable bonds is 5. The van der Waals surface area contributed by atoms with Crippen molar-refractivity contribution < 1.29 is 9.59 Å². The second kappa shape index (κ2) is 10.1. The van der Waals surface area contributed by atoms with Crippen molar-refractivity contribution in [2.75, 3.05) is 39.3 Å². The Kier molecular flexibility index (Phi) is 7.03. The van der Waals surface area contributed by atoms with E-state index in [1.165, 1.54) is 5.56 Å². The molecule has 2 fully saturated rings. The first-order valence-electron chi connectivity index (χ1n) is 11.5. The average Bonchev–Trinajstić information content (AvgIpc) is 2.84. The van der Waals surface area contributed by atoms with Crippen LogP contribution in [0.1, 0.15) is 35.7 Å². The van der Waals surface area contributed by atoms with Crippen LogP contribution in [-0.4, -0.2) is 71.8 Å². The number of carbonyl (C=O) groups excluding carboxylic acids is 2. The zero-order chi connectivity index (χ0) is 21.6. The molecule has 2 saturated heterocycles. The average molecular weight is 420 g/mol. The Hall–Kier alpha value is -2.66. The zero-order valence-corrected chi connectivity index (χ0v) is 18.5. The van der Waals surface area contributed by atoms with Gasteiger partial charge in [-0.15, -0.1) is 0 Å². The van der Waals surface area contributed by atoms with Crippen LogP contribution in [0.4, 0.5) is 0 Å². The Balaban J connectivity index is 1.23. The molecule has 31 heavy (non-hydrogen) atoms. The molecule has 0 aromatic heterocycles. The van der Waals surface area contributed by atoms with E-state index >= 15 is 0 Å². The van der Waals surface area contributed by atoms with Crippen LogP contribution in [0.25, 0.3) is 0 Å². The number of likely N-dealkylation sites (tertiary alicyclic amines) is 1. The van der Waals surface area contributed by atoms with E-state index in [9.17, 15) is 9.59 Å². The van der Waals surface area contributed by atoms with Crippen LogP contribution < -0.4 is 0 Å². The fraction of sp³-hybridized carbons (Fsp3) is 0.462. The van der Waals surface area contributed by atoms with Gasteiger partial charge in [-0.3, -0.25) is 14.5 Å². The van der Waals surface area contributed by atoms with E-state index in [-0.39, 0.29) is 17.9 Å². The number of nitrogens with zero attached hydrogens (tertiary/aromatic N) is 3. The lowest BCUT2D eigenvalue weighted by Crippen LogP contribution is -2.56. The molecular formula is C26H33N3O2. The summed E-state index contributed by atoms with van der Waals surface area (Å²) in [6.45, 7) is 6.56. The first kappa shape index (κ1) is 21.6. The van der Waals surface area contributed by atoms with Crippen molar-refractivity contribution in [2.24, 2.45) is 5.92 Å². The molecule has 2 amide bonds. The monoisotopic (exact) mass is 419 g/mol. The summed E-state index contributed by atoms with van der Waals surface area (Å²) in [5.74, 6) is 0.981. The summed E-state index contributed by atoms with van der Waals surface area (Å²) in [5.41, 5.74) is 2.13. The fourth-order valence-corrected chi connectivity index (χ4v) is 4.80. The Labute approximate surface area is 185 Å². The van der Waals surface area contributed by atoms with Crippen LogP contribution >= 0.6 is 0 Å². The SMILES string of the molecule is CC(C(=O)N1CCC(Cc2ccccc2)CC1)N1CCN(C(=O)c2ccccc2)CC1. The van der Waals surface area contributed by atoms with Gasteiger partial charge in [0.05, 0.1) is 6.04 Å². The van der Waals surface area contributed by atoms with Crippen molar-refractivity contribution in [3.8, 4) is 0 Å². The first-order valence-corrected chi connectivity index (χ1v) is 11.5. The predicted molar refractivity (Wildman–Crippen MR) is 123 cm³/mol. The highest BCUT2D eigenvalue weighted by Gasteiger charge is 2.32. The number of hydrogen-bond donors (Lipinski definition) is 0. The molecule has 0 radical (unpaired) electrons.